The van der Waals surface area contributed by atoms with Crippen molar-refractivity contribution in [1.82, 2.24) is 0 Å². The van der Waals surface area contributed by atoms with Crippen LogP contribution in [0.2, 0.25) is 0 Å². The van der Waals surface area contributed by atoms with Crippen LogP contribution in [0, 0.1) is 13.8 Å². The topological polar surface area (TPSA) is 46.5 Å². The second-order valence-electron chi connectivity index (χ2n) is 6.35. The molecule has 0 amide bonds. The Morgan fingerprint density at radius 1 is 1.22 bits per heavy atom. The van der Waals surface area contributed by atoms with E-state index in [1.807, 2.05) is 42.2 Å². The fraction of sp³-hybridized carbons (Fsp3) is 0.286. The van der Waals surface area contributed by atoms with Crippen molar-refractivity contribution < 1.29 is 14.6 Å². The van der Waals surface area contributed by atoms with Crippen LogP contribution in [0.4, 0.5) is 0 Å². The van der Waals surface area contributed by atoms with Crippen molar-refractivity contribution in [2.45, 2.75) is 31.6 Å². The summed E-state index contributed by atoms with van der Waals surface area (Å²) in [6, 6.07) is 12.4. The van der Waals surface area contributed by atoms with Gasteiger partial charge < -0.3 is 9.84 Å². The highest BCUT2D eigenvalue weighted by Gasteiger charge is 2.09. The highest BCUT2D eigenvalue weighted by molar-refractivity contribution is 9.10. The molecule has 6 heteroatoms. The molecule has 0 saturated heterocycles. The number of aryl methyl sites for hydroxylation is 3. The Morgan fingerprint density at radius 3 is 2.78 bits per heavy atom. The third-order valence-electron chi connectivity index (χ3n) is 4.31. The first-order valence-electron chi connectivity index (χ1n) is 8.69. The van der Waals surface area contributed by atoms with Crippen molar-refractivity contribution in [3.8, 4) is 5.75 Å². The largest absolute Gasteiger partial charge is 0.482 e. The van der Waals surface area contributed by atoms with E-state index in [0.717, 1.165) is 28.6 Å². The number of ether oxygens (including phenoxy) is 1. The second kappa shape index (κ2) is 9.13. The number of carboxylic acids is 1. The van der Waals surface area contributed by atoms with Gasteiger partial charge in [0.1, 0.15) is 5.75 Å². The number of carboxylic acid groups (broad SMARTS) is 1. The number of hydrogen-bond donors (Lipinski definition) is 1. The minimum atomic E-state index is -0.961. The van der Waals surface area contributed by atoms with E-state index < -0.39 is 5.97 Å². The molecule has 142 valence electrons. The van der Waals surface area contributed by atoms with Gasteiger partial charge in [0, 0.05) is 18.9 Å². The fourth-order valence-corrected chi connectivity index (χ4v) is 5.68. The highest BCUT2D eigenvalue weighted by Crippen LogP contribution is 2.34. The predicted octanol–water partition coefficient (Wildman–Crippen LogP) is 6.47. The summed E-state index contributed by atoms with van der Waals surface area (Å²) in [6.07, 6.45) is 2.21. The lowest BCUT2D eigenvalue weighted by molar-refractivity contribution is -0.139. The molecule has 3 rings (SSSR count). The smallest absolute Gasteiger partial charge is 0.341 e. The average Bonchev–Trinajstić information content (AvgIpc) is 2.93. The summed E-state index contributed by atoms with van der Waals surface area (Å²) in [5.74, 6) is 0.720. The number of aliphatic carboxylic acids is 1. The van der Waals surface area contributed by atoms with Crippen molar-refractivity contribution in [1.29, 1.82) is 0 Å². The molecule has 1 heterocycles. The van der Waals surface area contributed by atoms with Gasteiger partial charge in [-0.25, -0.2) is 4.79 Å². The fourth-order valence-electron chi connectivity index (χ4n) is 2.92. The molecule has 1 N–H and O–H groups in total. The van der Waals surface area contributed by atoms with Crippen LogP contribution in [-0.4, -0.2) is 23.4 Å². The number of benzene rings is 2. The molecule has 0 bridgehead atoms. The molecule has 0 spiro atoms. The van der Waals surface area contributed by atoms with Crippen molar-refractivity contribution >= 4 is 55.1 Å². The van der Waals surface area contributed by atoms with E-state index >= 15 is 0 Å². The molecule has 3 nitrogen and oxygen atoms in total. The number of thioether (sulfide) groups is 1. The monoisotopic (exact) mass is 464 g/mol. The van der Waals surface area contributed by atoms with Gasteiger partial charge in [0.05, 0.1) is 0 Å². The third-order valence-corrected chi connectivity index (χ3v) is 7.20. The van der Waals surface area contributed by atoms with E-state index in [1.54, 1.807) is 0 Å². The van der Waals surface area contributed by atoms with Gasteiger partial charge in [-0.1, -0.05) is 22.0 Å². The minimum absolute atomic E-state index is 0.307. The van der Waals surface area contributed by atoms with E-state index in [9.17, 15) is 4.79 Å². The molecule has 0 aliphatic carbocycles. The van der Waals surface area contributed by atoms with E-state index in [4.69, 9.17) is 9.84 Å². The second-order valence-corrected chi connectivity index (χ2v) is 9.57. The van der Waals surface area contributed by atoms with Gasteiger partial charge in [0.25, 0.3) is 0 Å². The SMILES string of the molecule is Cc1cc(SCCCc2sc3cc(Br)ccc3c2C)ccc1OCC(=O)O. The Morgan fingerprint density at radius 2 is 2.04 bits per heavy atom. The van der Waals surface area contributed by atoms with Crippen molar-refractivity contribution in [3.05, 3.63) is 56.9 Å². The van der Waals surface area contributed by atoms with E-state index in [1.165, 1.54) is 25.4 Å². The lowest BCUT2D eigenvalue weighted by atomic mass is 10.1. The van der Waals surface area contributed by atoms with Crippen molar-refractivity contribution in [3.63, 3.8) is 0 Å². The molecule has 3 aromatic rings. The van der Waals surface area contributed by atoms with Crippen LogP contribution in [0.1, 0.15) is 22.4 Å². The number of fused-ring (bicyclic) bond motifs is 1. The Bertz CT molecular complexity index is 965. The lowest BCUT2D eigenvalue weighted by Crippen LogP contribution is -2.09. The summed E-state index contributed by atoms with van der Waals surface area (Å²) in [5, 5.41) is 10.1. The first-order chi connectivity index (χ1) is 12.9. The predicted molar refractivity (Wildman–Crippen MR) is 118 cm³/mol. The van der Waals surface area contributed by atoms with Crippen LogP contribution in [-0.2, 0) is 11.2 Å². The lowest BCUT2D eigenvalue weighted by Gasteiger charge is -2.09. The maximum absolute atomic E-state index is 10.6. The normalized spacial score (nSPS) is 11.1. The van der Waals surface area contributed by atoms with Gasteiger partial charge >= 0.3 is 5.97 Å². The molecule has 27 heavy (non-hydrogen) atoms. The van der Waals surface area contributed by atoms with Crippen LogP contribution in [0.25, 0.3) is 10.1 Å². The quantitative estimate of drug-likeness (QED) is 0.306. The summed E-state index contributed by atoms with van der Waals surface area (Å²) < 4.78 is 7.75. The van der Waals surface area contributed by atoms with Crippen LogP contribution < -0.4 is 4.74 Å². The number of hydrogen-bond acceptors (Lipinski definition) is 4. The Kier molecular flexibility index (Phi) is 6.84. The number of thiophene rings is 1. The minimum Gasteiger partial charge on any atom is -0.482 e. The Balaban J connectivity index is 1.54. The maximum Gasteiger partial charge on any atom is 0.341 e. The van der Waals surface area contributed by atoms with E-state index in [0.29, 0.717) is 5.75 Å². The first kappa shape index (κ1) is 20.2. The average molecular weight is 465 g/mol. The molecule has 1 aromatic heterocycles. The van der Waals surface area contributed by atoms with Crippen LogP contribution in [0.3, 0.4) is 0 Å². The third kappa shape index (κ3) is 5.27. The van der Waals surface area contributed by atoms with Crippen LogP contribution >= 0.6 is 39.0 Å². The summed E-state index contributed by atoms with van der Waals surface area (Å²) >= 11 is 7.27. The summed E-state index contributed by atoms with van der Waals surface area (Å²) in [6.45, 7) is 3.85. The molecule has 0 aliphatic heterocycles. The number of halogens is 1. The molecular weight excluding hydrogens is 444 g/mol. The molecule has 0 atom stereocenters. The first-order valence-corrected chi connectivity index (χ1v) is 11.3. The van der Waals surface area contributed by atoms with Gasteiger partial charge in [-0.05, 0) is 79.3 Å². The molecule has 0 unspecified atom stereocenters. The Hall–Kier alpha value is -1.50. The molecule has 0 fully saturated rings. The number of carbonyl (C=O) groups is 1. The van der Waals surface area contributed by atoms with E-state index in [-0.39, 0.29) is 6.61 Å². The Labute approximate surface area is 175 Å². The van der Waals surface area contributed by atoms with Gasteiger partial charge in [-0.2, -0.15) is 0 Å². The van der Waals surface area contributed by atoms with Gasteiger partial charge in [-0.15, -0.1) is 23.1 Å². The van der Waals surface area contributed by atoms with Gasteiger partial charge in [-0.3, -0.25) is 0 Å². The van der Waals surface area contributed by atoms with Gasteiger partial charge in [0.2, 0.25) is 0 Å². The van der Waals surface area contributed by atoms with Crippen molar-refractivity contribution in [2.24, 2.45) is 0 Å². The number of rotatable bonds is 8. The maximum atomic E-state index is 10.6. The van der Waals surface area contributed by atoms with Crippen LogP contribution in [0.5, 0.6) is 5.75 Å². The zero-order valence-corrected chi connectivity index (χ0v) is 18.5. The zero-order chi connectivity index (χ0) is 19.4. The summed E-state index contributed by atoms with van der Waals surface area (Å²) in [7, 11) is 0. The summed E-state index contributed by atoms with van der Waals surface area (Å²) in [4.78, 5) is 13.3. The zero-order valence-electron chi connectivity index (χ0n) is 15.3. The van der Waals surface area contributed by atoms with Crippen LogP contribution in [0.15, 0.2) is 45.8 Å². The molecule has 0 saturated carbocycles. The molecular formula is C21H21BrO3S2. The van der Waals surface area contributed by atoms with Gasteiger partial charge in [0.15, 0.2) is 6.61 Å². The molecule has 0 aliphatic rings. The highest BCUT2D eigenvalue weighted by atomic mass is 79.9. The molecule has 2 aromatic carbocycles. The van der Waals surface area contributed by atoms with E-state index in [2.05, 4.69) is 47.1 Å². The molecule has 0 radical (unpaired) electrons. The standard InChI is InChI=1S/C21H21BrO3S2/c1-13-10-16(6-8-18(13)25-12-21(23)24)26-9-3-4-19-14(2)17-7-5-15(22)11-20(17)27-19/h5-8,10-11H,3-4,9,12H2,1-2H3,(H,23,24). The summed E-state index contributed by atoms with van der Waals surface area (Å²) in [5.41, 5.74) is 2.37. The van der Waals surface area contributed by atoms with Crippen molar-refractivity contribution in [2.75, 3.05) is 12.4 Å².